The van der Waals surface area contributed by atoms with Crippen molar-refractivity contribution in [2.24, 2.45) is 5.73 Å². The predicted molar refractivity (Wildman–Crippen MR) is 84.3 cm³/mol. The first-order valence-electron chi connectivity index (χ1n) is 5.70. The van der Waals surface area contributed by atoms with Gasteiger partial charge in [-0.3, -0.25) is 4.72 Å². The van der Waals surface area contributed by atoms with Crippen molar-refractivity contribution in [3.8, 4) is 0 Å². The minimum absolute atomic E-state index is 0.154. The SMILES string of the molecule is NCc1ccc(S(=O)(=O)Nc2ccccc2I)c(F)c1. The standard InChI is InChI=1S/C13H12FIN2O2S/c14-10-7-9(8-16)5-6-13(10)20(18,19)17-12-4-2-1-3-11(12)15/h1-7,17H,8,16H2. The van der Waals surface area contributed by atoms with Gasteiger partial charge in [0.1, 0.15) is 10.7 Å². The number of nitrogens with one attached hydrogen (secondary N) is 1. The molecule has 0 aliphatic carbocycles. The molecule has 0 unspecified atom stereocenters. The molecule has 0 fully saturated rings. The number of nitrogens with two attached hydrogens (primary N) is 1. The zero-order chi connectivity index (χ0) is 14.8. The molecular formula is C13H12FIN2O2S. The van der Waals surface area contributed by atoms with Gasteiger partial charge in [-0.25, -0.2) is 12.8 Å². The lowest BCUT2D eigenvalue weighted by Gasteiger charge is -2.11. The summed E-state index contributed by atoms with van der Waals surface area (Å²) in [6, 6.07) is 10.7. The molecule has 106 valence electrons. The monoisotopic (exact) mass is 406 g/mol. The Hall–Kier alpha value is -1.19. The molecular weight excluding hydrogens is 394 g/mol. The summed E-state index contributed by atoms with van der Waals surface area (Å²) in [5, 5.41) is 0. The maximum absolute atomic E-state index is 13.9. The maximum Gasteiger partial charge on any atom is 0.264 e. The molecule has 4 nitrogen and oxygen atoms in total. The number of anilines is 1. The van der Waals surface area contributed by atoms with Crippen molar-refractivity contribution in [3.63, 3.8) is 0 Å². The molecule has 20 heavy (non-hydrogen) atoms. The van der Waals surface area contributed by atoms with Crippen molar-refractivity contribution >= 4 is 38.3 Å². The van der Waals surface area contributed by atoms with Crippen LogP contribution in [-0.2, 0) is 16.6 Å². The zero-order valence-electron chi connectivity index (χ0n) is 10.3. The molecule has 0 spiro atoms. The van der Waals surface area contributed by atoms with Crippen molar-refractivity contribution < 1.29 is 12.8 Å². The number of hydrogen-bond acceptors (Lipinski definition) is 3. The Bertz CT molecular complexity index is 735. The summed E-state index contributed by atoms with van der Waals surface area (Å²) in [5.41, 5.74) is 6.34. The van der Waals surface area contributed by atoms with Crippen LogP contribution in [0.1, 0.15) is 5.56 Å². The number of halogens is 2. The average molecular weight is 406 g/mol. The minimum Gasteiger partial charge on any atom is -0.326 e. The average Bonchev–Trinajstić information content (AvgIpc) is 2.40. The Morgan fingerprint density at radius 2 is 1.90 bits per heavy atom. The van der Waals surface area contributed by atoms with Crippen LogP contribution in [0.25, 0.3) is 0 Å². The maximum atomic E-state index is 13.9. The van der Waals surface area contributed by atoms with E-state index in [4.69, 9.17) is 5.73 Å². The molecule has 7 heteroatoms. The fourth-order valence-corrected chi connectivity index (χ4v) is 3.48. The lowest BCUT2D eigenvalue weighted by atomic mass is 10.2. The number of para-hydroxylation sites is 1. The summed E-state index contributed by atoms with van der Waals surface area (Å²) in [4.78, 5) is -0.394. The molecule has 0 bridgehead atoms. The van der Waals surface area contributed by atoms with E-state index < -0.39 is 20.7 Å². The summed E-state index contributed by atoms with van der Waals surface area (Å²) in [7, 11) is -3.96. The van der Waals surface area contributed by atoms with Crippen LogP contribution in [0, 0.1) is 9.39 Å². The highest BCUT2D eigenvalue weighted by molar-refractivity contribution is 14.1. The third-order valence-corrected chi connectivity index (χ3v) is 4.98. The molecule has 2 aromatic rings. The number of benzene rings is 2. The fourth-order valence-electron chi connectivity index (χ4n) is 1.63. The van der Waals surface area contributed by atoms with Crippen molar-refractivity contribution in [1.29, 1.82) is 0 Å². The van der Waals surface area contributed by atoms with Crippen LogP contribution < -0.4 is 10.5 Å². The molecule has 2 aromatic carbocycles. The lowest BCUT2D eigenvalue weighted by Crippen LogP contribution is -2.15. The first kappa shape index (κ1) is 15.2. The second-order valence-electron chi connectivity index (χ2n) is 4.05. The van der Waals surface area contributed by atoms with E-state index in [1.165, 1.54) is 12.1 Å². The topological polar surface area (TPSA) is 72.2 Å². The van der Waals surface area contributed by atoms with Gasteiger partial charge in [-0.2, -0.15) is 0 Å². The van der Waals surface area contributed by atoms with Gasteiger partial charge in [0, 0.05) is 10.1 Å². The van der Waals surface area contributed by atoms with Crippen LogP contribution in [-0.4, -0.2) is 8.42 Å². The molecule has 3 N–H and O–H groups in total. The van der Waals surface area contributed by atoms with Crippen LogP contribution in [0.5, 0.6) is 0 Å². The summed E-state index contributed by atoms with van der Waals surface area (Å²) in [5.74, 6) is -0.814. The van der Waals surface area contributed by atoms with E-state index in [-0.39, 0.29) is 6.54 Å². The third-order valence-electron chi connectivity index (χ3n) is 2.64. The first-order chi connectivity index (χ1) is 9.44. The lowest BCUT2D eigenvalue weighted by molar-refractivity contribution is 0.569. The Labute approximate surface area is 130 Å². The molecule has 0 aliphatic heterocycles. The predicted octanol–water partition coefficient (Wildman–Crippen LogP) is 2.69. The Morgan fingerprint density at radius 1 is 1.20 bits per heavy atom. The van der Waals surface area contributed by atoms with Gasteiger partial charge >= 0.3 is 0 Å². The van der Waals surface area contributed by atoms with Gasteiger partial charge in [0.25, 0.3) is 10.0 Å². The van der Waals surface area contributed by atoms with Crippen LogP contribution in [0.3, 0.4) is 0 Å². The molecule has 2 rings (SSSR count). The van der Waals surface area contributed by atoms with Gasteiger partial charge in [-0.05, 0) is 52.4 Å². The van der Waals surface area contributed by atoms with Gasteiger partial charge in [-0.1, -0.05) is 18.2 Å². The highest BCUT2D eigenvalue weighted by Gasteiger charge is 2.20. The van der Waals surface area contributed by atoms with Gasteiger partial charge < -0.3 is 5.73 Å². The van der Waals surface area contributed by atoms with Gasteiger partial charge in [0.2, 0.25) is 0 Å². The highest BCUT2D eigenvalue weighted by Crippen LogP contribution is 2.23. The molecule has 0 amide bonds. The normalized spacial score (nSPS) is 11.3. The summed E-state index contributed by atoms with van der Waals surface area (Å²) < 4.78 is 41.3. The molecule has 0 saturated heterocycles. The van der Waals surface area contributed by atoms with E-state index in [0.717, 1.165) is 9.64 Å². The highest BCUT2D eigenvalue weighted by atomic mass is 127. The van der Waals surface area contributed by atoms with Crippen molar-refractivity contribution in [2.75, 3.05) is 4.72 Å². The molecule has 0 aromatic heterocycles. The zero-order valence-corrected chi connectivity index (χ0v) is 13.3. The van der Waals surface area contributed by atoms with Gasteiger partial charge in [-0.15, -0.1) is 0 Å². The second kappa shape index (κ2) is 6.06. The number of sulfonamides is 1. The van der Waals surface area contributed by atoms with Gasteiger partial charge in [0.05, 0.1) is 5.69 Å². The van der Waals surface area contributed by atoms with Crippen molar-refractivity contribution in [3.05, 3.63) is 57.4 Å². The van der Waals surface area contributed by atoms with Crippen LogP contribution >= 0.6 is 22.6 Å². The van der Waals surface area contributed by atoms with E-state index in [1.807, 2.05) is 22.6 Å². The Morgan fingerprint density at radius 3 is 2.50 bits per heavy atom. The molecule has 0 heterocycles. The number of rotatable bonds is 4. The minimum atomic E-state index is -3.96. The molecule has 0 radical (unpaired) electrons. The van der Waals surface area contributed by atoms with Crippen LogP contribution in [0.15, 0.2) is 47.4 Å². The first-order valence-corrected chi connectivity index (χ1v) is 8.26. The Balaban J connectivity index is 2.39. The van der Waals surface area contributed by atoms with Crippen LogP contribution in [0.2, 0.25) is 0 Å². The van der Waals surface area contributed by atoms with E-state index in [0.29, 0.717) is 11.3 Å². The molecule has 0 atom stereocenters. The van der Waals surface area contributed by atoms with Crippen molar-refractivity contribution in [2.45, 2.75) is 11.4 Å². The fraction of sp³-hybridized carbons (Fsp3) is 0.0769. The quantitative estimate of drug-likeness (QED) is 0.768. The number of hydrogen-bond donors (Lipinski definition) is 2. The molecule has 0 saturated carbocycles. The van der Waals surface area contributed by atoms with E-state index in [2.05, 4.69) is 4.72 Å². The Kier molecular flexibility index (Phi) is 4.61. The largest absolute Gasteiger partial charge is 0.326 e. The summed E-state index contributed by atoms with van der Waals surface area (Å²) in [6.45, 7) is 0.154. The van der Waals surface area contributed by atoms with Crippen molar-refractivity contribution in [1.82, 2.24) is 0 Å². The van der Waals surface area contributed by atoms with E-state index in [1.54, 1.807) is 24.3 Å². The van der Waals surface area contributed by atoms with E-state index >= 15 is 0 Å². The third kappa shape index (κ3) is 3.28. The summed E-state index contributed by atoms with van der Waals surface area (Å²) >= 11 is 2.00. The summed E-state index contributed by atoms with van der Waals surface area (Å²) in [6.07, 6.45) is 0. The molecule has 0 aliphatic rings. The van der Waals surface area contributed by atoms with Gasteiger partial charge in [0.15, 0.2) is 0 Å². The van der Waals surface area contributed by atoms with E-state index in [9.17, 15) is 12.8 Å². The smallest absolute Gasteiger partial charge is 0.264 e. The van der Waals surface area contributed by atoms with Crippen LogP contribution in [0.4, 0.5) is 10.1 Å². The second-order valence-corrected chi connectivity index (χ2v) is 6.87.